The van der Waals surface area contributed by atoms with Crippen LogP contribution in [0.3, 0.4) is 0 Å². The zero-order valence-corrected chi connectivity index (χ0v) is 11.9. The number of rotatable bonds is 4. The van der Waals surface area contributed by atoms with E-state index in [0.29, 0.717) is 0 Å². The molecule has 17 heavy (non-hydrogen) atoms. The Hall–Kier alpha value is -1.28. The van der Waals surface area contributed by atoms with Crippen LogP contribution in [0.25, 0.3) is 0 Å². The molecule has 1 aromatic rings. The van der Waals surface area contributed by atoms with Crippen LogP contribution in [0, 0.1) is 0 Å². The highest BCUT2D eigenvalue weighted by atomic mass is 28.3. The molecule has 1 aliphatic carbocycles. The molecule has 90 valence electrons. The van der Waals surface area contributed by atoms with Gasteiger partial charge in [0.2, 0.25) is 0 Å². The zero-order valence-electron chi connectivity index (χ0n) is 10.9. The van der Waals surface area contributed by atoms with Crippen molar-refractivity contribution >= 4 is 13.3 Å². The van der Waals surface area contributed by atoms with Crippen molar-refractivity contribution in [3.8, 4) is 5.75 Å². The Labute approximate surface area is 105 Å². The Balaban J connectivity index is 2.41. The van der Waals surface area contributed by atoms with E-state index in [1.807, 2.05) is 6.92 Å². The van der Waals surface area contributed by atoms with Crippen LogP contribution in [0.4, 0.5) is 0 Å². The summed E-state index contributed by atoms with van der Waals surface area (Å²) in [6.45, 7) is 7.56. The van der Waals surface area contributed by atoms with Gasteiger partial charge < -0.3 is 4.74 Å². The second-order valence-corrected chi connectivity index (χ2v) is 9.22. The van der Waals surface area contributed by atoms with Gasteiger partial charge in [-0.15, -0.1) is 0 Å². The second kappa shape index (κ2) is 4.92. The van der Waals surface area contributed by atoms with E-state index in [4.69, 9.17) is 4.74 Å². The van der Waals surface area contributed by atoms with Gasteiger partial charge in [-0.25, -0.2) is 0 Å². The molecule has 1 aliphatic rings. The molecule has 0 aromatic heterocycles. The Kier molecular flexibility index (Phi) is 3.53. The smallest absolute Gasteiger partial charge is 0.118 e. The quantitative estimate of drug-likeness (QED) is 0.737. The highest BCUT2D eigenvalue weighted by Crippen LogP contribution is 2.25. The van der Waals surface area contributed by atoms with Crippen molar-refractivity contribution < 1.29 is 4.74 Å². The Morgan fingerprint density at radius 2 is 2.00 bits per heavy atom. The standard InChI is InChI=1S/C15H20OSi/c1-4-16-14-11-7-8-12-15(14)17(2,3)13-9-5-6-10-13/h5,7-12H,4,6H2,1-3H3. The van der Waals surface area contributed by atoms with E-state index in [0.717, 1.165) is 18.8 Å². The number of para-hydroxylation sites is 1. The number of hydrogen-bond acceptors (Lipinski definition) is 1. The van der Waals surface area contributed by atoms with E-state index in [9.17, 15) is 0 Å². The van der Waals surface area contributed by atoms with Crippen LogP contribution in [-0.2, 0) is 0 Å². The number of benzene rings is 1. The molecule has 0 N–H and O–H groups in total. The third-order valence-electron chi connectivity index (χ3n) is 3.35. The van der Waals surface area contributed by atoms with Gasteiger partial charge in [0.25, 0.3) is 0 Å². The molecular weight excluding hydrogens is 224 g/mol. The van der Waals surface area contributed by atoms with Crippen LogP contribution in [0.5, 0.6) is 5.75 Å². The highest BCUT2D eigenvalue weighted by molar-refractivity contribution is 6.96. The fraction of sp³-hybridized carbons (Fsp3) is 0.333. The fourth-order valence-electron chi connectivity index (χ4n) is 2.34. The first kappa shape index (κ1) is 12.2. The van der Waals surface area contributed by atoms with Crippen LogP contribution >= 0.6 is 0 Å². The van der Waals surface area contributed by atoms with Gasteiger partial charge in [0.1, 0.15) is 13.8 Å². The van der Waals surface area contributed by atoms with Crippen molar-refractivity contribution in [2.75, 3.05) is 6.61 Å². The molecule has 2 heteroatoms. The lowest BCUT2D eigenvalue weighted by Gasteiger charge is -2.26. The minimum atomic E-state index is -1.58. The minimum absolute atomic E-state index is 0.733. The molecular formula is C15H20OSi. The Bertz CT molecular complexity index is 458. The van der Waals surface area contributed by atoms with Crippen molar-refractivity contribution in [3.63, 3.8) is 0 Å². The van der Waals surface area contributed by atoms with Gasteiger partial charge in [0, 0.05) is 0 Å². The average Bonchev–Trinajstić information content (AvgIpc) is 2.84. The van der Waals surface area contributed by atoms with Crippen molar-refractivity contribution in [1.82, 2.24) is 0 Å². The Morgan fingerprint density at radius 3 is 2.65 bits per heavy atom. The summed E-state index contributed by atoms with van der Waals surface area (Å²) in [4.78, 5) is 0. The molecule has 0 radical (unpaired) electrons. The maximum atomic E-state index is 5.77. The maximum Gasteiger partial charge on any atom is 0.118 e. The van der Waals surface area contributed by atoms with Gasteiger partial charge in [-0.05, 0) is 24.6 Å². The third-order valence-corrected chi connectivity index (χ3v) is 6.93. The summed E-state index contributed by atoms with van der Waals surface area (Å²) in [6, 6.07) is 8.49. The van der Waals surface area contributed by atoms with Crippen LogP contribution in [-0.4, -0.2) is 14.7 Å². The van der Waals surface area contributed by atoms with E-state index >= 15 is 0 Å². The summed E-state index contributed by atoms with van der Waals surface area (Å²) in [5, 5.41) is 2.92. The van der Waals surface area contributed by atoms with E-state index < -0.39 is 8.07 Å². The number of hydrogen-bond donors (Lipinski definition) is 0. The molecule has 0 bridgehead atoms. The third kappa shape index (κ3) is 2.37. The zero-order chi connectivity index (χ0) is 12.3. The lowest BCUT2D eigenvalue weighted by molar-refractivity contribution is 0.343. The van der Waals surface area contributed by atoms with E-state index in [1.165, 1.54) is 10.4 Å². The predicted molar refractivity (Wildman–Crippen MR) is 76.6 cm³/mol. The largest absolute Gasteiger partial charge is 0.494 e. The van der Waals surface area contributed by atoms with Gasteiger partial charge in [-0.3, -0.25) is 0 Å². The maximum absolute atomic E-state index is 5.77. The molecule has 0 atom stereocenters. The second-order valence-electron chi connectivity index (χ2n) is 4.85. The van der Waals surface area contributed by atoms with E-state index in [-0.39, 0.29) is 0 Å². The minimum Gasteiger partial charge on any atom is -0.494 e. The van der Waals surface area contributed by atoms with Crippen molar-refractivity contribution in [1.29, 1.82) is 0 Å². The van der Waals surface area contributed by atoms with Gasteiger partial charge >= 0.3 is 0 Å². The van der Waals surface area contributed by atoms with Gasteiger partial charge in [0.05, 0.1) is 6.61 Å². The first-order chi connectivity index (χ1) is 8.16. The summed E-state index contributed by atoms with van der Waals surface area (Å²) in [5.74, 6) is 1.06. The summed E-state index contributed by atoms with van der Waals surface area (Å²) in [6.07, 6.45) is 7.97. The Morgan fingerprint density at radius 1 is 1.24 bits per heavy atom. The summed E-state index contributed by atoms with van der Waals surface area (Å²) in [5.41, 5.74) is 0. The van der Waals surface area contributed by atoms with Crippen molar-refractivity contribution in [3.05, 3.63) is 47.7 Å². The number of ether oxygens (including phenoxy) is 1. The summed E-state index contributed by atoms with van der Waals surface area (Å²) >= 11 is 0. The molecule has 0 aliphatic heterocycles. The van der Waals surface area contributed by atoms with Crippen LogP contribution < -0.4 is 9.92 Å². The van der Waals surface area contributed by atoms with Gasteiger partial charge in [-0.1, -0.05) is 54.7 Å². The molecule has 0 fully saturated rings. The molecule has 0 heterocycles. The van der Waals surface area contributed by atoms with Crippen molar-refractivity contribution in [2.45, 2.75) is 26.4 Å². The lowest BCUT2D eigenvalue weighted by Crippen LogP contribution is -2.43. The number of allylic oxidation sites excluding steroid dienone is 4. The summed E-state index contributed by atoms with van der Waals surface area (Å²) in [7, 11) is -1.58. The molecule has 2 rings (SSSR count). The molecule has 0 saturated heterocycles. The lowest BCUT2D eigenvalue weighted by atomic mass is 10.3. The molecule has 0 unspecified atom stereocenters. The topological polar surface area (TPSA) is 9.23 Å². The normalized spacial score (nSPS) is 14.9. The van der Waals surface area contributed by atoms with Crippen molar-refractivity contribution in [2.24, 2.45) is 0 Å². The van der Waals surface area contributed by atoms with Crippen LogP contribution in [0.2, 0.25) is 13.1 Å². The SMILES string of the molecule is CCOc1ccccc1[Si](C)(C)C1=CCC=C1. The van der Waals surface area contributed by atoms with Crippen LogP contribution in [0.1, 0.15) is 13.3 Å². The monoisotopic (exact) mass is 244 g/mol. The fourth-order valence-corrected chi connectivity index (χ4v) is 5.10. The summed E-state index contributed by atoms with van der Waals surface area (Å²) < 4.78 is 5.77. The predicted octanol–water partition coefficient (Wildman–Crippen LogP) is 3.43. The van der Waals surface area contributed by atoms with E-state index in [1.54, 1.807) is 0 Å². The molecule has 0 saturated carbocycles. The molecule has 0 amide bonds. The first-order valence-corrected chi connectivity index (χ1v) is 9.25. The van der Waals surface area contributed by atoms with Gasteiger partial charge in [0.15, 0.2) is 0 Å². The van der Waals surface area contributed by atoms with E-state index in [2.05, 4.69) is 55.6 Å². The highest BCUT2D eigenvalue weighted by Gasteiger charge is 2.30. The van der Waals surface area contributed by atoms with Crippen LogP contribution in [0.15, 0.2) is 47.7 Å². The molecule has 0 spiro atoms. The first-order valence-electron chi connectivity index (χ1n) is 6.25. The molecule has 1 nitrogen and oxygen atoms in total. The average molecular weight is 244 g/mol. The van der Waals surface area contributed by atoms with Gasteiger partial charge in [-0.2, -0.15) is 0 Å². The molecule has 1 aromatic carbocycles.